The predicted molar refractivity (Wildman–Crippen MR) is 71.0 cm³/mol. The zero-order chi connectivity index (χ0) is 13.8. The fourth-order valence-corrected chi connectivity index (χ4v) is 2.81. The van der Waals surface area contributed by atoms with E-state index in [1.807, 2.05) is 6.92 Å². The van der Waals surface area contributed by atoms with Gasteiger partial charge in [-0.1, -0.05) is 0 Å². The molecule has 0 aromatic heterocycles. The Bertz CT molecular complexity index is 336. The highest BCUT2D eigenvalue weighted by molar-refractivity contribution is 5.76. The third-order valence-corrected chi connectivity index (χ3v) is 3.81. The van der Waals surface area contributed by atoms with Crippen molar-refractivity contribution < 1.29 is 14.7 Å². The summed E-state index contributed by atoms with van der Waals surface area (Å²) in [6.45, 7) is 6.31. The van der Waals surface area contributed by atoms with E-state index in [0.717, 1.165) is 19.6 Å². The first-order chi connectivity index (χ1) is 9.04. The Balaban J connectivity index is 1.63. The van der Waals surface area contributed by atoms with Crippen LogP contribution in [0, 0.1) is 5.92 Å². The number of nitrogens with zero attached hydrogens (tertiary/aromatic N) is 2. The van der Waals surface area contributed by atoms with E-state index < -0.39 is 5.97 Å². The van der Waals surface area contributed by atoms with Gasteiger partial charge in [-0.2, -0.15) is 0 Å². The minimum absolute atomic E-state index is 0.0617. The molecule has 1 unspecified atom stereocenters. The quantitative estimate of drug-likeness (QED) is 0.766. The molecule has 19 heavy (non-hydrogen) atoms. The van der Waals surface area contributed by atoms with E-state index in [-0.39, 0.29) is 24.4 Å². The minimum atomic E-state index is -0.785. The number of carbonyl (C=O) groups is 2. The molecule has 2 aliphatic heterocycles. The van der Waals surface area contributed by atoms with E-state index in [2.05, 4.69) is 10.2 Å². The number of rotatable bonds is 5. The number of hydrogen-bond donors (Lipinski definition) is 2. The molecule has 0 aromatic carbocycles. The standard InChI is InChI=1S/C13H23N3O3/c1-10(7-15-4-2-3-5-15)14-13(19)16-8-11(9-16)6-12(17)18/h10-11H,2-9H2,1H3,(H,14,19)(H,17,18). The SMILES string of the molecule is CC(CN1CCCC1)NC(=O)N1CC(CC(=O)O)C1. The van der Waals surface area contributed by atoms with Gasteiger partial charge in [-0.3, -0.25) is 4.79 Å². The number of urea groups is 1. The average molecular weight is 269 g/mol. The Morgan fingerprint density at radius 2 is 1.95 bits per heavy atom. The van der Waals surface area contributed by atoms with Gasteiger partial charge in [-0.15, -0.1) is 0 Å². The summed E-state index contributed by atoms with van der Waals surface area (Å²) >= 11 is 0. The molecule has 2 N–H and O–H groups in total. The molecule has 2 amide bonds. The monoisotopic (exact) mass is 269 g/mol. The summed E-state index contributed by atoms with van der Waals surface area (Å²) in [7, 11) is 0. The zero-order valence-electron chi connectivity index (χ0n) is 11.5. The van der Waals surface area contributed by atoms with Gasteiger partial charge in [0.1, 0.15) is 0 Å². The minimum Gasteiger partial charge on any atom is -0.481 e. The Morgan fingerprint density at radius 3 is 2.53 bits per heavy atom. The summed E-state index contributed by atoms with van der Waals surface area (Å²) in [4.78, 5) is 26.5. The molecule has 2 rings (SSSR count). The molecule has 0 spiro atoms. The Morgan fingerprint density at radius 1 is 1.32 bits per heavy atom. The lowest BCUT2D eigenvalue weighted by atomic mass is 9.97. The molecule has 6 heteroatoms. The molecular formula is C13H23N3O3. The third-order valence-electron chi connectivity index (χ3n) is 3.81. The maximum atomic E-state index is 11.9. The van der Waals surface area contributed by atoms with Crippen molar-refractivity contribution in [2.75, 3.05) is 32.7 Å². The van der Waals surface area contributed by atoms with Crippen molar-refractivity contribution in [3.8, 4) is 0 Å². The average Bonchev–Trinajstić information content (AvgIpc) is 2.74. The van der Waals surface area contributed by atoms with Gasteiger partial charge in [0.25, 0.3) is 0 Å². The van der Waals surface area contributed by atoms with E-state index in [0.29, 0.717) is 13.1 Å². The summed E-state index contributed by atoms with van der Waals surface area (Å²) in [6.07, 6.45) is 2.67. The molecule has 108 valence electrons. The first kappa shape index (κ1) is 14.1. The van der Waals surface area contributed by atoms with Gasteiger partial charge in [0.2, 0.25) is 0 Å². The van der Waals surface area contributed by atoms with Crippen LogP contribution in [0.15, 0.2) is 0 Å². The van der Waals surface area contributed by atoms with Crippen molar-refractivity contribution in [2.45, 2.75) is 32.2 Å². The molecule has 2 fully saturated rings. The van der Waals surface area contributed by atoms with Crippen molar-refractivity contribution in [1.82, 2.24) is 15.1 Å². The van der Waals surface area contributed by atoms with Gasteiger partial charge in [0, 0.05) is 31.6 Å². The lowest BCUT2D eigenvalue weighted by Gasteiger charge is -2.39. The van der Waals surface area contributed by atoms with Gasteiger partial charge in [0.05, 0.1) is 6.42 Å². The molecule has 2 saturated heterocycles. The van der Waals surface area contributed by atoms with Crippen LogP contribution < -0.4 is 5.32 Å². The number of aliphatic carboxylic acids is 1. The predicted octanol–water partition coefficient (Wildman–Crippen LogP) is 0.587. The van der Waals surface area contributed by atoms with E-state index in [1.165, 1.54) is 12.8 Å². The summed E-state index contributed by atoms with van der Waals surface area (Å²) in [6, 6.07) is 0.0810. The number of amides is 2. The van der Waals surface area contributed by atoms with E-state index in [1.54, 1.807) is 4.90 Å². The molecule has 0 aliphatic carbocycles. The molecule has 0 radical (unpaired) electrons. The van der Waals surface area contributed by atoms with Gasteiger partial charge in [-0.25, -0.2) is 4.79 Å². The van der Waals surface area contributed by atoms with Gasteiger partial charge < -0.3 is 20.2 Å². The highest BCUT2D eigenvalue weighted by Gasteiger charge is 2.32. The van der Waals surface area contributed by atoms with Crippen molar-refractivity contribution in [2.24, 2.45) is 5.92 Å². The lowest BCUT2D eigenvalue weighted by molar-refractivity contribution is -0.139. The number of carboxylic acids is 1. The highest BCUT2D eigenvalue weighted by atomic mass is 16.4. The second-order valence-electron chi connectivity index (χ2n) is 5.73. The molecule has 6 nitrogen and oxygen atoms in total. The topological polar surface area (TPSA) is 72.9 Å². The number of likely N-dealkylation sites (tertiary alicyclic amines) is 2. The van der Waals surface area contributed by atoms with Crippen LogP contribution in [-0.4, -0.2) is 65.7 Å². The Labute approximate surface area is 113 Å². The van der Waals surface area contributed by atoms with Crippen molar-refractivity contribution in [3.05, 3.63) is 0 Å². The molecule has 0 saturated carbocycles. The summed E-state index contributed by atoms with van der Waals surface area (Å²) in [5, 5.41) is 11.6. The molecule has 2 aliphatic rings. The van der Waals surface area contributed by atoms with Crippen molar-refractivity contribution in [3.63, 3.8) is 0 Å². The fraction of sp³-hybridized carbons (Fsp3) is 0.846. The van der Waals surface area contributed by atoms with Crippen LogP contribution in [0.1, 0.15) is 26.2 Å². The van der Waals surface area contributed by atoms with Crippen molar-refractivity contribution >= 4 is 12.0 Å². The molecule has 1 atom stereocenters. The molecule has 0 bridgehead atoms. The first-order valence-electron chi connectivity index (χ1n) is 7.04. The largest absolute Gasteiger partial charge is 0.481 e. The van der Waals surface area contributed by atoms with Gasteiger partial charge in [0.15, 0.2) is 0 Å². The number of carbonyl (C=O) groups excluding carboxylic acids is 1. The van der Waals surface area contributed by atoms with Crippen molar-refractivity contribution in [1.29, 1.82) is 0 Å². The normalized spacial score (nSPS) is 22.1. The first-order valence-corrected chi connectivity index (χ1v) is 7.04. The van der Waals surface area contributed by atoms with E-state index in [9.17, 15) is 9.59 Å². The zero-order valence-corrected chi connectivity index (χ0v) is 11.5. The molecular weight excluding hydrogens is 246 g/mol. The molecule has 0 aromatic rings. The van der Waals surface area contributed by atoms with Crippen LogP contribution in [0.4, 0.5) is 4.79 Å². The lowest BCUT2D eigenvalue weighted by Crippen LogP contribution is -2.56. The summed E-state index contributed by atoms with van der Waals surface area (Å²) in [5.74, 6) is -0.662. The number of nitrogens with one attached hydrogen (secondary N) is 1. The van der Waals surface area contributed by atoms with Crippen LogP contribution in [0.25, 0.3) is 0 Å². The van der Waals surface area contributed by atoms with Crippen LogP contribution >= 0.6 is 0 Å². The van der Waals surface area contributed by atoms with E-state index in [4.69, 9.17) is 5.11 Å². The summed E-state index contributed by atoms with van der Waals surface area (Å²) in [5.41, 5.74) is 0. The Kier molecular flexibility index (Phi) is 4.63. The Hall–Kier alpha value is -1.30. The fourth-order valence-electron chi connectivity index (χ4n) is 2.81. The number of carboxylic acid groups (broad SMARTS) is 1. The third kappa shape index (κ3) is 4.09. The maximum absolute atomic E-state index is 11.9. The summed E-state index contributed by atoms with van der Waals surface area (Å²) < 4.78 is 0. The van der Waals surface area contributed by atoms with E-state index >= 15 is 0 Å². The van der Waals surface area contributed by atoms with Gasteiger partial charge >= 0.3 is 12.0 Å². The second kappa shape index (κ2) is 6.23. The van der Waals surface area contributed by atoms with Gasteiger partial charge in [-0.05, 0) is 32.9 Å². The van der Waals surface area contributed by atoms with Crippen LogP contribution in [0.2, 0.25) is 0 Å². The molecule has 2 heterocycles. The maximum Gasteiger partial charge on any atom is 0.317 e. The van der Waals surface area contributed by atoms with Crippen LogP contribution in [0.3, 0.4) is 0 Å². The van der Waals surface area contributed by atoms with Crippen LogP contribution in [0.5, 0.6) is 0 Å². The smallest absolute Gasteiger partial charge is 0.317 e. The number of hydrogen-bond acceptors (Lipinski definition) is 3. The second-order valence-corrected chi connectivity index (χ2v) is 5.73. The highest BCUT2D eigenvalue weighted by Crippen LogP contribution is 2.19. The van der Waals surface area contributed by atoms with Crippen LogP contribution in [-0.2, 0) is 4.79 Å².